The first-order chi connectivity index (χ1) is 13.5. The molecule has 2 aromatic rings. The molecule has 148 valence electrons. The van der Waals surface area contributed by atoms with E-state index in [4.69, 9.17) is 9.26 Å². The van der Waals surface area contributed by atoms with Gasteiger partial charge in [-0.3, -0.25) is 4.79 Å². The van der Waals surface area contributed by atoms with Gasteiger partial charge in [0.05, 0.1) is 7.11 Å². The summed E-state index contributed by atoms with van der Waals surface area (Å²) in [6, 6.07) is 4.40. The van der Waals surface area contributed by atoms with E-state index >= 15 is 0 Å². The van der Waals surface area contributed by atoms with Gasteiger partial charge in [0.25, 0.3) is 5.91 Å². The fraction of sp³-hybridized carbons (Fsp3) is 0.429. The summed E-state index contributed by atoms with van der Waals surface area (Å²) in [4.78, 5) is 17.1. The van der Waals surface area contributed by atoms with Crippen molar-refractivity contribution in [1.29, 1.82) is 0 Å². The highest BCUT2D eigenvalue weighted by Crippen LogP contribution is 2.38. The Morgan fingerprint density at radius 3 is 2.54 bits per heavy atom. The van der Waals surface area contributed by atoms with E-state index in [9.17, 15) is 9.18 Å². The molecule has 1 aromatic heterocycles. The predicted molar refractivity (Wildman–Crippen MR) is 104 cm³/mol. The largest absolute Gasteiger partial charge is 0.494 e. The van der Waals surface area contributed by atoms with Gasteiger partial charge in [-0.25, -0.2) is 4.39 Å². The Balaban J connectivity index is 1.72. The summed E-state index contributed by atoms with van der Waals surface area (Å²) in [5.41, 5.74) is 0.964. The maximum Gasteiger partial charge on any atom is 0.261 e. The van der Waals surface area contributed by atoms with Crippen molar-refractivity contribution in [2.75, 3.05) is 39.2 Å². The molecule has 1 saturated heterocycles. The number of rotatable bonds is 4. The van der Waals surface area contributed by atoms with Crippen molar-refractivity contribution in [2.24, 2.45) is 11.8 Å². The van der Waals surface area contributed by atoms with Crippen LogP contribution in [0.25, 0.3) is 11.3 Å². The van der Waals surface area contributed by atoms with Crippen LogP contribution in [0.3, 0.4) is 0 Å². The lowest BCUT2D eigenvalue weighted by molar-refractivity contribution is 0.0785. The number of carbonyl (C=O) groups is 1. The Labute approximate surface area is 163 Å². The molecule has 1 aliphatic carbocycles. The summed E-state index contributed by atoms with van der Waals surface area (Å²) in [7, 11) is 5.04. The third-order valence-corrected chi connectivity index (χ3v) is 5.63. The van der Waals surface area contributed by atoms with Crippen LogP contribution in [0.15, 0.2) is 34.9 Å². The molecule has 0 spiro atoms. The molecular weight excluding hydrogens is 361 g/mol. The van der Waals surface area contributed by atoms with Crippen molar-refractivity contribution in [3.05, 3.63) is 41.7 Å². The number of anilines is 1. The number of likely N-dealkylation sites (tertiary alicyclic amines) is 1. The molecule has 2 unspecified atom stereocenters. The van der Waals surface area contributed by atoms with E-state index in [0.29, 0.717) is 34.5 Å². The van der Waals surface area contributed by atoms with E-state index in [0.717, 1.165) is 25.9 Å². The number of halogens is 1. The number of fused-ring (bicyclic) bond motifs is 1. The number of ether oxygens (including phenoxy) is 1. The highest BCUT2D eigenvalue weighted by atomic mass is 19.1. The van der Waals surface area contributed by atoms with Crippen LogP contribution in [0.2, 0.25) is 0 Å². The number of carbonyl (C=O) groups excluding carboxylic acids is 1. The molecule has 1 amide bonds. The topological polar surface area (TPSA) is 58.8 Å². The minimum atomic E-state index is -0.470. The van der Waals surface area contributed by atoms with Gasteiger partial charge in [0.15, 0.2) is 23.1 Å². The van der Waals surface area contributed by atoms with E-state index in [-0.39, 0.29) is 11.7 Å². The molecule has 2 heterocycles. The van der Waals surface area contributed by atoms with Crippen molar-refractivity contribution in [1.82, 2.24) is 10.1 Å². The van der Waals surface area contributed by atoms with Crippen LogP contribution >= 0.6 is 0 Å². The highest BCUT2D eigenvalue weighted by Gasteiger charge is 2.38. The molecule has 6 nitrogen and oxygen atoms in total. The normalized spacial score (nSPS) is 20.9. The third-order valence-electron chi connectivity index (χ3n) is 5.63. The summed E-state index contributed by atoms with van der Waals surface area (Å²) in [5, 5.41) is 4.11. The van der Waals surface area contributed by atoms with Crippen LogP contribution < -0.4 is 9.64 Å². The molecule has 0 bridgehead atoms. The molecule has 4 rings (SSSR count). The average molecular weight is 385 g/mol. The second-order valence-electron chi connectivity index (χ2n) is 7.63. The molecule has 1 fully saturated rings. The number of nitrogens with zero attached hydrogens (tertiary/aromatic N) is 3. The Kier molecular flexibility index (Phi) is 4.83. The summed E-state index contributed by atoms with van der Waals surface area (Å²) < 4.78 is 24.5. The lowest BCUT2D eigenvalue weighted by atomic mass is 9.86. The van der Waals surface area contributed by atoms with Crippen LogP contribution in [-0.4, -0.2) is 50.3 Å². The van der Waals surface area contributed by atoms with Gasteiger partial charge in [0, 0.05) is 32.7 Å². The standard InChI is InChI=1S/C21H24FN3O3/c1-24(2)20-18(21(26)25-11-14-6-4-5-7-15(14)12-25)19(28-23-20)13-8-9-16(22)17(10-13)27-3/h4-5,8-10,14-15H,6-7,11-12H2,1-3H3. The Morgan fingerprint density at radius 1 is 1.25 bits per heavy atom. The second kappa shape index (κ2) is 7.30. The lowest BCUT2D eigenvalue weighted by Crippen LogP contribution is -2.30. The molecule has 0 saturated carbocycles. The molecule has 1 aromatic carbocycles. The first-order valence-electron chi connectivity index (χ1n) is 9.44. The number of amides is 1. The molecule has 2 atom stereocenters. The molecule has 2 aliphatic rings. The van der Waals surface area contributed by atoms with Gasteiger partial charge in [-0.2, -0.15) is 0 Å². The Hall–Kier alpha value is -2.83. The summed E-state index contributed by atoms with van der Waals surface area (Å²) in [5.74, 6) is 1.34. The van der Waals surface area contributed by atoms with E-state index < -0.39 is 5.82 Å². The second-order valence-corrected chi connectivity index (χ2v) is 7.63. The van der Waals surface area contributed by atoms with E-state index in [1.807, 2.05) is 19.0 Å². The zero-order valence-electron chi connectivity index (χ0n) is 16.3. The van der Waals surface area contributed by atoms with Gasteiger partial charge in [0.1, 0.15) is 5.56 Å². The number of methoxy groups -OCH3 is 1. The van der Waals surface area contributed by atoms with Gasteiger partial charge < -0.3 is 19.1 Å². The predicted octanol–water partition coefficient (Wildman–Crippen LogP) is 3.59. The Bertz CT molecular complexity index is 906. The van der Waals surface area contributed by atoms with Crippen LogP contribution in [0, 0.1) is 17.7 Å². The lowest BCUT2D eigenvalue weighted by Gasteiger charge is -2.18. The monoisotopic (exact) mass is 385 g/mol. The third kappa shape index (κ3) is 3.15. The zero-order valence-corrected chi connectivity index (χ0v) is 16.3. The number of allylic oxidation sites excluding steroid dienone is 2. The smallest absolute Gasteiger partial charge is 0.261 e. The summed E-state index contributed by atoms with van der Waals surface area (Å²) in [6.45, 7) is 1.47. The number of aromatic nitrogens is 1. The fourth-order valence-corrected chi connectivity index (χ4v) is 4.12. The fourth-order valence-electron chi connectivity index (χ4n) is 4.12. The van der Waals surface area contributed by atoms with Gasteiger partial charge in [-0.1, -0.05) is 17.3 Å². The molecule has 28 heavy (non-hydrogen) atoms. The van der Waals surface area contributed by atoms with Crippen LogP contribution in [0.1, 0.15) is 23.2 Å². The van der Waals surface area contributed by atoms with Crippen LogP contribution in [0.5, 0.6) is 5.75 Å². The van der Waals surface area contributed by atoms with Crippen molar-refractivity contribution in [3.63, 3.8) is 0 Å². The van der Waals surface area contributed by atoms with Gasteiger partial charge in [-0.05, 0) is 42.9 Å². The maximum atomic E-state index is 13.8. The quantitative estimate of drug-likeness (QED) is 0.753. The Morgan fingerprint density at radius 2 is 1.93 bits per heavy atom. The number of hydrogen-bond donors (Lipinski definition) is 0. The maximum absolute atomic E-state index is 13.8. The van der Waals surface area contributed by atoms with Crippen LogP contribution in [0.4, 0.5) is 10.2 Å². The van der Waals surface area contributed by atoms with E-state index in [1.165, 1.54) is 19.2 Å². The van der Waals surface area contributed by atoms with Gasteiger partial charge in [-0.15, -0.1) is 0 Å². The molecule has 0 N–H and O–H groups in total. The minimum Gasteiger partial charge on any atom is -0.494 e. The summed E-state index contributed by atoms with van der Waals surface area (Å²) in [6.07, 6.45) is 6.44. The van der Waals surface area contributed by atoms with Gasteiger partial charge >= 0.3 is 0 Å². The minimum absolute atomic E-state index is 0.0944. The van der Waals surface area contributed by atoms with Crippen molar-refractivity contribution >= 4 is 11.7 Å². The van der Waals surface area contributed by atoms with E-state index in [1.54, 1.807) is 11.0 Å². The van der Waals surface area contributed by atoms with Crippen molar-refractivity contribution in [3.8, 4) is 17.1 Å². The molecular formula is C21H24FN3O3. The number of hydrogen-bond acceptors (Lipinski definition) is 5. The van der Waals surface area contributed by atoms with Crippen molar-refractivity contribution in [2.45, 2.75) is 12.8 Å². The summed E-state index contributed by atoms with van der Waals surface area (Å²) >= 11 is 0. The van der Waals surface area contributed by atoms with Gasteiger partial charge in [0.2, 0.25) is 0 Å². The molecule has 0 radical (unpaired) electrons. The average Bonchev–Trinajstić information content (AvgIpc) is 3.32. The first kappa shape index (κ1) is 18.5. The number of benzene rings is 1. The zero-order chi connectivity index (χ0) is 19.8. The highest BCUT2D eigenvalue weighted by molar-refractivity contribution is 6.04. The van der Waals surface area contributed by atoms with E-state index in [2.05, 4.69) is 17.3 Å². The molecule has 7 heteroatoms. The van der Waals surface area contributed by atoms with Crippen molar-refractivity contribution < 1.29 is 18.4 Å². The first-order valence-corrected chi connectivity index (χ1v) is 9.44. The SMILES string of the molecule is COc1cc(-c2onc(N(C)C)c2C(=O)N2CC3CC=CCC3C2)ccc1F. The van der Waals surface area contributed by atoms with Crippen LogP contribution in [-0.2, 0) is 0 Å². The molecule has 1 aliphatic heterocycles.